The predicted octanol–water partition coefficient (Wildman–Crippen LogP) is 1.65. The first-order chi connectivity index (χ1) is 8.28. The molecule has 5 nitrogen and oxygen atoms in total. The Labute approximate surface area is 99.2 Å². The summed E-state index contributed by atoms with van der Waals surface area (Å²) in [7, 11) is 1.62. The normalized spacial score (nSPS) is 9.94. The van der Waals surface area contributed by atoms with E-state index in [9.17, 15) is 0 Å². The molecule has 0 saturated heterocycles. The summed E-state index contributed by atoms with van der Waals surface area (Å²) in [5.41, 5.74) is 6.16. The summed E-state index contributed by atoms with van der Waals surface area (Å²) in [6.45, 7) is 0.348. The Kier molecular flexibility index (Phi) is 3.40. The van der Waals surface area contributed by atoms with E-state index in [4.69, 9.17) is 15.2 Å². The van der Waals surface area contributed by atoms with Crippen LogP contribution in [0.2, 0.25) is 0 Å². The second-order valence-corrected chi connectivity index (χ2v) is 3.40. The summed E-state index contributed by atoms with van der Waals surface area (Å²) >= 11 is 0. The van der Waals surface area contributed by atoms with E-state index in [1.54, 1.807) is 13.3 Å². The van der Waals surface area contributed by atoms with Crippen LogP contribution < -0.4 is 15.2 Å². The SMILES string of the molecule is COc1cccc(OCc2cnc(N)cn2)c1. The van der Waals surface area contributed by atoms with Gasteiger partial charge in [-0.1, -0.05) is 6.07 Å². The van der Waals surface area contributed by atoms with Crippen LogP contribution in [-0.4, -0.2) is 17.1 Å². The first-order valence-corrected chi connectivity index (χ1v) is 5.11. The van der Waals surface area contributed by atoms with Gasteiger partial charge in [-0.05, 0) is 12.1 Å². The lowest BCUT2D eigenvalue weighted by Crippen LogP contribution is -2.00. The van der Waals surface area contributed by atoms with Crippen LogP contribution in [0.3, 0.4) is 0 Å². The maximum Gasteiger partial charge on any atom is 0.141 e. The van der Waals surface area contributed by atoms with Crippen molar-refractivity contribution >= 4 is 5.82 Å². The van der Waals surface area contributed by atoms with Gasteiger partial charge in [0.05, 0.1) is 25.2 Å². The molecule has 88 valence electrons. The largest absolute Gasteiger partial charge is 0.497 e. The number of methoxy groups -OCH3 is 1. The average Bonchev–Trinajstić information content (AvgIpc) is 2.38. The number of nitrogens with zero attached hydrogens (tertiary/aromatic N) is 2. The Morgan fingerprint density at radius 2 is 2.00 bits per heavy atom. The second-order valence-electron chi connectivity index (χ2n) is 3.40. The van der Waals surface area contributed by atoms with Crippen LogP contribution in [-0.2, 0) is 6.61 Å². The summed E-state index contributed by atoms with van der Waals surface area (Å²) in [5, 5.41) is 0. The van der Waals surface area contributed by atoms with Gasteiger partial charge in [0.1, 0.15) is 23.9 Å². The van der Waals surface area contributed by atoms with Crippen molar-refractivity contribution in [3.05, 3.63) is 42.4 Å². The first-order valence-electron chi connectivity index (χ1n) is 5.11. The quantitative estimate of drug-likeness (QED) is 0.866. The minimum absolute atomic E-state index is 0.348. The zero-order chi connectivity index (χ0) is 12.1. The number of aromatic nitrogens is 2. The van der Waals surface area contributed by atoms with Gasteiger partial charge in [0.2, 0.25) is 0 Å². The van der Waals surface area contributed by atoms with Gasteiger partial charge in [0.15, 0.2) is 0 Å². The molecule has 0 radical (unpaired) electrons. The minimum Gasteiger partial charge on any atom is -0.497 e. The zero-order valence-electron chi connectivity index (χ0n) is 9.46. The highest BCUT2D eigenvalue weighted by atomic mass is 16.5. The number of nitrogen functional groups attached to an aromatic ring is 1. The monoisotopic (exact) mass is 231 g/mol. The molecule has 0 aliphatic rings. The lowest BCUT2D eigenvalue weighted by atomic mass is 10.3. The fourth-order valence-electron chi connectivity index (χ4n) is 1.29. The first kappa shape index (κ1) is 11.2. The van der Waals surface area contributed by atoms with Crippen LogP contribution >= 0.6 is 0 Å². The van der Waals surface area contributed by atoms with Crippen LogP contribution in [0, 0.1) is 0 Å². The van der Waals surface area contributed by atoms with Gasteiger partial charge >= 0.3 is 0 Å². The van der Waals surface area contributed by atoms with Crippen LogP contribution in [0.15, 0.2) is 36.7 Å². The Morgan fingerprint density at radius 1 is 1.18 bits per heavy atom. The maximum atomic E-state index is 5.55. The molecule has 0 unspecified atom stereocenters. The van der Waals surface area contributed by atoms with Crippen LogP contribution in [0.1, 0.15) is 5.69 Å². The smallest absolute Gasteiger partial charge is 0.141 e. The van der Waals surface area contributed by atoms with E-state index in [2.05, 4.69) is 9.97 Å². The molecule has 0 atom stereocenters. The fraction of sp³-hybridized carbons (Fsp3) is 0.167. The molecule has 2 aromatic rings. The van der Waals surface area contributed by atoms with Crippen LogP contribution in [0.5, 0.6) is 11.5 Å². The van der Waals surface area contributed by atoms with Gasteiger partial charge < -0.3 is 15.2 Å². The van der Waals surface area contributed by atoms with E-state index in [1.165, 1.54) is 6.20 Å². The van der Waals surface area contributed by atoms with Gasteiger partial charge in [0.25, 0.3) is 0 Å². The summed E-state index contributed by atoms with van der Waals surface area (Å²) in [5.74, 6) is 1.88. The highest BCUT2D eigenvalue weighted by Gasteiger charge is 1.99. The number of ether oxygens (including phenoxy) is 2. The van der Waals surface area contributed by atoms with Gasteiger partial charge in [-0.3, -0.25) is 4.98 Å². The van der Waals surface area contributed by atoms with Crippen molar-refractivity contribution in [2.75, 3.05) is 12.8 Å². The van der Waals surface area contributed by atoms with E-state index in [0.717, 1.165) is 17.2 Å². The number of rotatable bonds is 4. The molecule has 0 fully saturated rings. The van der Waals surface area contributed by atoms with E-state index in [-0.39, 0.29) is 0 Å². The molecule has 0 aliphatic heterocycles. The maximum absolute atomic E-state index is 5.55. The molecule has 5 heteroatoms. The molecular formula is C12H13N3O2. The van der Waals surface area contributed by atoms with Crippen LogP contribution in [0.25, 0.3) is 0 Å². The zero-order valence-corrected chi connectivity index (χ0v) is 9.46. The molecule has 0 saturated carbocycles. The van der Waals surface area contributed by atoms with Crippen molar-refractivity contribution in [1.29, 1.82) is 0 Å². The van der Waals surface area contributed by atoms with Gasteiger partial charge in [0, 0.05) is 6.07 Å². The molecule has 0 amide bonds. The summed E-state index contributed by atoms with van der Waals surface area (Å²) in [4.78, 5) is 8.03. The molecule has 0 spiro atoms. The molecule has 2 N–H and O–H groups in total. The predicted molar refractivity (Wildman–Crippen MR) is 63.8 cm³/mol. The van der Waals surface area contributed by atoms with E-state index in [0.29, 0.717) is 12.4 Å². The van der Waals surface area contributed by atoms with E-state index < -0.39 is 0 Å². The van der Waals surface area contributed by atoms with Gasteiger partial charge in [-0.25, -0.2) is 4.98 Å². The molecule has 17 heavy (non-hydrogen) atoms. The van der Waals surface area contributed by atoms with Crippen molar-refractivity contribution in [2.24, 2.45) is 0 Å². The average molecular weight is 231 g/mol. The Bertz CT molecular complexity index is 485. The van der Waals surface area contributed by atoms with Gasteiger partial charge in [-0.15, -0.1) is 0 Å². The minimum atomic E-state index is 0.348. The standard InChI is InChI=1S/C12H13N3O2/c1-16-10-3-2-4-11(5-10)17-8-9-6-15-12(13)7-14-9/h2-7H,8H2,1H3,(H2,13,15). The number of benzene rings is 1. The lowest BCUT2D eigenvalue weighted by molar-refractivity contribution is 0.298. The summed E-state index contributed by atoms with van der Waals surface area (Å²) in [6.07, 6.45) is 3.10. The molecule has 1 aromatic carbocycles. The molecule has 0 bridgehead atoms. The van der Waals surface area contributed by atoms with Crippen molar-refractivity contribution < 1.29 is 9.47 Å². The molecule has 2 rings (SSSR count). The topological polar surface area (TPSA) is 70.3 Å². The lowest BCUT2D eigenvalue weighted by Gasteiger charge is -2.07. The van der Waals surface area contributed by atoms with Crippen molar-refractivity contribution in [1.82, 2.24) is 9.97 Å². The number of nitrogens with two attached hydrogens (primary N) is 1. The van der Waals surface area contributed by atoms with Gasteiger partial charge in [-0.2, -0.15) is 0 Å². The van der Waals surface area contributed by atoms with Crippen molar-refractivity contribution in [2.45, 2.75) is 6.61 Å². The van der Waals surface area contributed by atoms with E-state index >= 15 is 0 Å². The molecular weight excluding hydrogens is 218 g/mol. The summed E-state index contributed by atoms with van der Waals surface area (Å²) < 4.78 is 10.6. The number of hydrogen-bond donors (Lipinski definition) is 1. The Hall–Kier alpha value is -2.30. The van der Waals surface area contributed by atoms with E-state index in [1.807, 2.05) is 24.3 Å². The third-order valence-electron chi connectivity index (χ3n) is 2.15. The molecule has 1 heterocycles. The fourth-order valence-corrected chi connectivity index (χ4v) is 1.29. The van der Waals surface area contributed by atoms with Crippen molar-refractivity contribution in [3.8, 4) is 11.5 Å². The highest BCUT2D eigenvalue weighted by molar-refractivity contribution is 5.33. The third kappa shape index (κ3) is 3.07. The van der Waals surface area contributed by atoms with Crippen LogP contribution in [0.4, 0.5) is 5.82 Å². The Balaban J connectivity index is 1.99. The number of anilines is 1. The number of hydrogen-bond acceptors (Lipinski definition) is 5. The molecule has 0 aliphatic carbocycles. The second kappa shape index (κ2) is 5.16. The highest BCUT2D eigenvalue weighted by Crippen LogP contribution is 2.19. The Morgan fingerprint density at radius 3 is 2.71 bits per heavy atom. The molecule has 1 aromatic heterocycles. The van der Waals surface area contributed by atoms with Crippen molar-refractivity contribution in [3.63, 3.8) is 0 Å². The third-order valence-corrected chi connectivity index (χ3v) is 2.15. The summed E-state index contributed by atoms with van der Waals surface area (Å²) in [6, 6.07) is 7.39.